The van der Waals surface area contributed by atoms with Crippen molar-refractivity contribution in [1.82, 2.24) is 4.98 Å². The molecule has 0 bridgehead atoms. The number of carbonyl (C=O) groups excluding carboxylic acids is 1. The number of hydrogen-bond acceptors (Lipinski definition) is 5. The number of benzene rings is 1. The standard InChI is InChI=1S/C20H22N4O2/c21-17(11-14-13-26-18-6-2-1-5-16(14)18)20(25)23-15-7-8-19(22-12-15)24-9-3-4-10-24/h1-2,5-8,12-13,17H,3-4,9-11,21H2,(H,23,25). The molecular formula is C20H22N4O2. The van der Waals surface area contributed by atoms with Crippen LogP contribution in [0.2, 0.25) is 0 Å². The second kappa shape index (κ2) is 7.17. The van der Waals surface area contributed by atoms with Crippen molar-refractivity contribution in [2.24, 2.45) is 5.73 Å². The second-order valence-corrected chi connectivity index (χ2v) is 6.66. The van der Waals surface area contributed by atoms with Crippen LogP contribution in [0, 0.1) is 0 Å². The molecule has 0 aliphatic carbocycles. The van der Waals surface area contributed by atoms with Crippen molar-refractivity contribution in [2.75, 3.05) is 23.3 Å². The minimum absolute atomic E-state index is 0.231. The summed E-state index contributed by atoms with van der Waals surface area (Å²) in [4.78, 5) is 19.1. The molecule has 1 atom stereocenters. The molecule has 3 N–H and O–H groups in total. The number of nitrogens with one attached hydrogen (secondary N) is 1. The van der Waals surface area contributed by atoms with Gasteiger partial charge in [-0.25, -0.2) is 4.98 Å². The lowest BCUT2D eigenvalue weighted by atomic mass is 10.1. The minimum atomic E-state index is -0.658. The smallest absolute Gasteiger partial charge is 0.241 e. The van der Waals surface area contributed by atoms with Gasteiger partial charge in [0.15, 0.2) is 0 Å². The molecule has 3 heterocycles. The summed E-state index contributed by atoms with van der Waals surface area (Å²) >= 11 is 0. The van der Waals surface area contributed by atoms with Gasteiger partial charge in [0.05, 0.1) is 24.2 Å². The van der Waals surface area contributed by atoms with Crippen LogP contribution in [0.3, 0.4) is 0 Å². The van der Waals surface area contributed by atoms with Gasteiger partial charge in [-0.05, 0) is 31.0 Å². The zero-order valence-electron chi connectivity index (χ0n) is 14.5. The van der Waals surface area contributed by atoms with Gasteiger partial charge in [0.25, 0.3) is 0 Å². The van der Waals surface area contributed by atoms with Crippen molar-refractivity contribution in [2.45, 2.75) is 25.3 Å². The molecule has 26 heavy (non-hydrogen) atoms. The van der Waals surface area contributed by atoms with E-state index in [4.69, 9.17) is 10.2 Å². The highest BCUT2D eigenvalue weighted by atomic mass is 16.3. The average Bonchev–Trinajstić information content (AvgIpc) is 3.33. The topological polar surface area (TPSA) is 84.4 Å². The largest absolute Gasteiger partial charge is 0.464 e. The molecule has 1 saturated heterocycles. The molecule has 6 heteroatoms. The molecule has 1 aromatic carbocycles. The Labute approximate surface area is 152 Å². The number of fused-ring (bicyclic) bond motifs is 1. The number of aromatic nitrogens is 1. The summed E-state index contributed by atoms with van der Waals surface area (Å²) in [5, 5.41) is 3.84. The molecule has 134 valence electrons. The number of carbonyl (C=O) groups is 1. The second-order valence-electron chi connectivity index (χ2n) is 6.66. The molecule has 2 aromatic heterocycles. The van der Waals surface area contributed by atoms with E-state index in [-0.39, 0.29) is 5.91 Å². The van der Waals surface area contributed by atoms with Crippen LogP contribution in [0.5, 0.6) is 0 Å². The van der Waals surface area contributed by atoms with Crippen LogP contribution in [0.4, 0.5) is 11.5 Å². The maximum absolute atomic E-state index is 12.4. The molecule has 0 spiro atoms. The van der Waals surface area contributed by atoms with Crippen molar-refractivity contribution < 1.29 is 9.21 Å². The van der Waals surface area contributed by atoms with Crippen LogP contribution in [-0.2, 0) is 11.2 Å². The van der Waals surface area contributed by atoms with E-state index in [9.17, 15) is 4.79 Å². The van der Waals surface area contributed by atoms with Gasteiger partial charge in [0.2, 0.25) is 5.91 Å². The molecular weight excluding hydrogens is 328 g/mol. The lowest BCUT2D eigenvalue weighted by molar-refractivity contribution is -0.117. The SMILES string of the molecule is NC(Cc1coc2ccccc12)C(=O)Nc1ccc(N2CCCC2)nc1. The Morgan fingerprint density at radius 1 is 1.23 bits per heavy atom. The number of nitrogens with two attached hydrogens (primary N) is 1. The summed E-state index contributed by atoms with van der Waals surface area (Å²) in [5.74, 6) is 0.723. The Kier molecular flexibility index (Phi) is 4.58. The molecule has 1 unspecified atom stereocenters. The molecule has 1 fully saturated rings. The van der Waals surface area contributed by atoms with Crippen LogP contribution >= 0.6 is 0 Å². The number of hydrogen-bond donors (Lipinski definition) is 2. The van der Waals surface area contributed by atoms with E-state index in [0.717, 1.165) is 35.4 Å². The average molecular weight is 350 g/mol. The predicted octanol–water partition coefficient (Wildman–Crippen LogP) is 2.94. The van der Waals surface area contributed by atoms with E-state index in [1.165, 1.54) is 12.8 Å². The molecule has 1 amide bonds. The first-order chi connectivity index (χ1) is 12.7. The third-order valence-electron chi connectivity index (χ3n) is 4.78. The fourth-order valence-electron chi connectivity index (χ4n) is 3.35. The van der Waals surface area contributed by atoms with Gasteiger partial charge < -0.3 is 20.4 Å². The lowest BCUT2D eigenvalue weighted by Gasteiger charge is -2.17. The minimum Gasteiger partial charge on any atom is -0.464 e. The lowest BCUT2D eigenvalue weighted by Crippen LogP contribution is -2.37. The van der Waals surface area contributed by atoms with Crippen LogP contribution in [0.25, 0.3) is 11.0 Å². The Morgan fingerprint density at radius 3 is 2.81 bits per heavy atom. The highest BCUT2D eigenvalue weighted by Gasteiger charge is 2.18. The van der Waals surface area contributed by atoms with Gasteiger partial charge in [-0.3, -0.25) is 4.79 Å². The summed E-state index contributed by atoms with van der Waals surface area (Å²) in [6, 6.07) is 10.9. The number of anilines is 2. The molecule has 3 aromatic rings. The van der Waals surface area contributed by atoms with Gasteiger partial charge in [-0.2, -0.15) is 0 Å². The van der Waals surface area contributed by atoms with Crippen molar-refractivity contribution in [3.63, 3.8) is 0 Å². The first-order valence-electron chi connectivity index (χ1n) is 8.93. The highest BCUT2D eigenvalue weighted by molar-refractivity contribution is 5.95. The van der Waals surface area contributed by atoms with Crippen molar-refractivity contribution in [3.8, 4) is 0 Å². The van der Waals surface area contributed by atoms with Crippen molar-refractivity contribution in [1.29, 1.82) is 0 Å². The molecule has 1 aliphatic heterocycles. The Bertz CT molecular complexity index is 898. The van der Waals surface area contributed by atoms with Crippen molar-refractivity contribution >= 4 is 28.4 Å². The van der Waals surface area contributed by atoms with Gasteiger partial charge in [0.1, 0.15) is 11.4 Å². The third kappa shape index (κ3) is 3.41. The van der Waals surface area contributed by atoms with Crippen molar-refractivity contribution in [3.05, 3.63) is 54.4 Å². The summed E-state index contributed by atoms with van der Waals surface area (Å²) in [6.07, 6.45) is 6.19. The number of para-hydroxylation sites is 1. The van der Waals surface area contributed by atoms with Gasteiger partial charge in [0, 0.05) is 30.5 Å². The fraction of sp³-hybridized carbons (Fsp3) is 0.300. The normalized spacial score (nSPS) is 15.3. The zero-order valence-corrected chi connectivity index (χ0v) is 14.5. The number of pyridine rings is 1. The summed E-state index contributed by atoms with van der Waals surface area (Å²) in [7, 11) is 0. The maximum atomic E-state index is 12.4. The van der Waals surface area contributed by atoms with E-state index < -0.39 is 6.04 Å². The zero-order chi connectivity index (χ0) is 17.9. The number of nitrogens with zero attached hydrogens (tertiary/aromatic N) is 2. The van der Waals surface area contributed by atoms with Crippen LogP contribution in [-0.4, -0.2) is 30.0 Å². The first-order valence-corrected chi connectivity index (χ1v) is 8.93. The fourth-order valence-corrected chi connectivity index (χ4v) is 3.35. The van der Waals surface area contributed by atoms with Crippen LogP contribution in [0.15, 0.2) is 53.3 Å². The maximum Gasteiger partial charge on any atom is 0.241 e. The summed E-state index contributed by atoms with van der Waals surface area (Å²) in [5.41, 5.74) is 8.49. The van der Waals surface area contributed by atoms with E-state index in [0.29, 0.717) is 12.1 Å². The Hall–Kier alpha value is -2.86. The van der Waals surface area contributed by atoms with Crippen LogP contribution < -0.4 is 16.0 Å². The number of amides is 1. The highest BCUT2D eigenvalue weighted by Crippen LogP contribution is 2.22. The molecule has 1 aliphatic rings. The van der Waals surface area contributed by atoms with E-state index in [2.05, 4.69) is 15.2 Å². The number of furan rings is 1. The molecule has 4 rings (SSSR count). The molecule has 6 nitrogen and oxygen atoms in total. The predicted molar refractivity (Wildman–Crippen MR) is 102 cm³/mol. The number of rotatable bonds is 5. The van der Waals surface area contributed by atoms with E-state index in [1.807, 2.05) is 36.4 Å². The summed E-state index contributed by atoms with van der Waals surface area (Å²) < 4.78 is 5.51. The first kappa shape index (κ1) is 16.6. The van der Waals surface area contributed by atoms with Gasteiger partial charge >= 0.3 is 0 Å². The monoisotopic (exact) mass is 350 g/mol. The quantitative estimate of drug-likeness (QED) is 0.739. The van der Waals surface area contributed by atoms with Crippen LogP contribution in [0.1, 0.15) is 18.4 Å². The Morgan fingerprint density at radius 2 is 2.04 bits per heavy atom. The molecule has 0 saturated carbocycles. The summed E-state index contributed by atoms with van der Waals surface area (Å²) in [6.45, 7) is 2.09. The third-order valence-corrected chi connectivity index (χ3v) is 4.78. The molecule has 0 radical (unpaired) electrons. The van der Waals surface area contributed by atoms with Gasteiger partial charge in [-0.15, -0.1) is 0 Å². The Balaban J connectivity index is 1.39. The van der Waals surface area contributed by atoms with E-state index >= 15 is 0 Å². The van der Waals surface area contributed by atoms with E-state index in [1.54, 1.807) is 12.5 Å². The van der Waals surface area contributed by atoms with Gasteiger partial charge in [-0.1, -0.05) is 18.2 Å².